The van der Waals surface area contributed by atoms with E-state index < -0.39 is 5.97 Å². The SMILES string of the molecule is O=C(O)c1ccc2c(c1)nc(NC1=NCC(c3ccccc3)=C1)c1ccncc12. The van der Waals surface area contributed by atoms with Crippen molar-refractivity contribution in [1.82, 2.24) is 9.97 Å². The minimum atomic E-state index is -0.981. The maximum absolute atomic E-state index is 11.4. The lowest BCUT2D eigenvalue weighted by molar-refractivity contribution is 0.0697. The zero-order valence-electron chi connectivity index (χ0n) is 15.3. The van der Waals surface area contributed by atoms with Crippen LogP contribution in [0.25, 0.3) is 27.2 Å². The van der Waals surface area contributed by atoms with E-state index in [9.17, 15) is 9.90 Å². The van der Waals surface area contributed by atoms with Crippen LogP contribution < -0.4 is 5.32 Å². The number of carboxylic acids is 1. The van der Waals surface area contributed by atoms with E-state index in [1.54, 1.807) is 30.6 Å². The smallest absolute Gasteiger partial charge is 0.335 e. The van der Waals surface area contributed by atoms with Crippen LogP contribution in [0.15, 0.2) is 78.1 Å². The Morgan fingerprint density at radius 1 is 1.00 bits per heavy atom. The first kappa shape index (κ1) is 17.1. The summed E-state index contributed by atoms with van der Waals surface area (Å²) in [6.45, 7) is 0.600. The highest BCUT2D eigenvalue weighted by atomic mass is 16.4. The number of nitrogens with zero attached hydrogens (tertiary/aromatic N) is 3. The monoisotopic (exact) mass is 380 g/mol. The first-order chi connectivity index (χ1) is 14.2. The summed E-state index contributed by atoms with van der Waals surface area (Å²) in [6, 6.07) is 17.0. The molecule has 0 saturated heterocycles. The van der Waals surface area contributed by atoms with Crippen LogP contribution in [0.1, 0.15) is 15.9 Å². The highest BCUT2D eigenvalue weighted by Gasteiger charge is 2.15. The summed E-state index contributed by atoms with van der Waals surface area (Å²) in [4.78, 5) is 24.9. The molecule has 6 nitrogen and oxygen atoms in total. The number of benzene rings is 2. The van der Waals surface area contributed by atoms with Gasteiger partial charge in [0.2, 0.25) is 0 Å². The molecule has 2 N–H and O–H groups in total. The van der Waals surface area contributed by atoms with Crippen molar-refractivity contribution >= 4 is 44.9 Å². The number of fused-ring (bicyclic) bond motifs is 3. The molecule has 3 heterocycles. The molecule has 1 aliphatic rings. The second-order valence-electron chi connectivity index (χ2n) is 6.78. The minimum Gasteiger partial charge on any atom is -0.478 e. The fourth-order valence-electron chi connectivity index (χ4n) is 3.53. The number of aliphatic imine (C=N–C) groups is 1. The number of carboxylic acid groups (broad SMARTS) is 1. The first-order valence-corrected chi connectivity index (χ1v) is 9.17. The van der Waals surface area contributed by atoms with Gasteiger partial charge in [-0.1, -0.05) is 36.4 Å². The van der Waals surface area contributed by atoms with Crippen molar-refractivity contribution in [1.29, 1.82) is 0 Å². The molecule has 5 rings (SSSR count). The molecule has 1 aliphatic heterocycles. The third-order valence-electron chi connectivity index (χ3n) is 4.97. The largest absolute Gasteiger partial charge is 0.478 e. The molecule has 29 heavy (non-hydrogen) atoms. The van der Waals surface area contributed by atoms with Crippen LogP contribution in [0.4, 0.5) is 5.82 Å². The van der Waals surface area contributed by atoms with Gasteiger partial charge in [-0.15, -0.1) is 0 Å². The molecule has 0 radical (unpaired) electrons. The lowest BCUT2D eigenvalue weighted by Gasteiger charge is -2.11. The van der Waals surface area contributed by atoms with E-state index in [1.807, 2.05) is 30.3 Å². The Labute approximate surface area is 166 Å². The predicted molar refractivity (Wildman–Crippen MR) is 114 cm³/mol. The second kappa shape index (κ2) is 6.83. The average Bonchev–Trinajstić information content (AvgIpc) is 3.22. The first-order valence-electron chi connectivity index (χ1n) is 9.17. The summed E-state index contributed by atoms with van der Waals surface area (Å²) in [7, 11) is 0. The molecular weight excluding hydrogens is 364 g/mol. The molecule has 4 aromatic rings. The number of nitrogens with one attached hydrogen (secondary N) is 1. The van der Waals surface area contributed by atoms with Gasteiger partial charge in [0.05, 0.1) is 17.6 Å². The van der Waals surface area contributed by atoms with E-state index in [1.165, 1.54) is 0 Å². The van der Waals surface area contributed by atoms with Gasteiger partial charge in [0, 0.05) is 28.6 Å². The van der Waals surface area contributed by atoms with Crippen molar-refractivity contribution in [3.05, 3.63) is 84.2 Å². The Morgan fingerprint density at radius 2 is 1.86 bits per heavy atom. The van der Waals surface area contributed by atoms with Crippen molar-refractivity contribution in [3.63, 3.8) is 0 Å². The third-order valence-corrected chi connectivity index (χ3v) is 4.97. The standard InChI is InChI=1S/C23H16N4O2/c28-23(29)15-6-7-17-19-13-24-9-8-18(19)22(26-20(17)10-15)27-21-11-16(12-25-21)14-4-2-1-3-5-14/h1-11,13H,12H2,(H,28,29)(H,25,26,27). The zero-order chi connectivity index (χ0) is 19.8. The number of rotatable bonds is 3. The van der Waals surface area contributed by atoms with Crippen molar-refractivity contribution in [2.45, 2.75) is 0 Å². The Hall–Kier alpha value is -4.06. The summed E-state index contributed by atoms with van der Waals surface area (Å²) < 4.78 is 0. The number of pyridine rings is 2. The van der Waals surface area contributed by atoms with Gasteiger partial charge < -0.3 is 10.4 Å². The molecule has 0 fully saturated rings. The van der Waals surface area contributed by atoms with E-state index in [2.05, 4.69) is 27.4 Å². The molecule has 2 aromatic heterocycles. The summed E-state index contributed by atoms with van der Waals surface area (Å²) in [5.41, 5.74) is 3.06. The number of hydrogen-bond donors (Lipinski definition) is 2. The van der Waals surface area contributed by atoms with Crippen LogP contribution >= 0.6 is 0 Å². The molecule has 6 heteroatoms. The van der Waals surface area contributed by atoms with Gasteiger partial charge in [-0.25, -0.2) is 9.78 Å². The minimum absolute atomic E-state index is 0.198. The van der Waals surface area contributed by atoms with E-state index in [4.69, 9.17) is 4.98 Å². The Balaban J connectivity index is 1.59. The van der Waals surface area contributed by atoms with Gasteiger partial charge in [-0.3, -0.25) is 9.98 Å². The normalized spacial score (nSPS) is 13.4. The number of aromatic nitrogens is 2. The Morgan fingerprint density at radius 3 is 2.69 bits per heavy atom. The highest BCUT2D eigenvalue weighted by molar-refractivity contribution is 6.17. The lowest BCUT2D eigenvalue weighted by Crippen LogP contribution is -2.09. The van der Waals surface area contributed by atoms with Gasteiger partial charge >= 0.3 is 5.97 Å². The van der Waals surface area contributed by atoms with Gasteiger partial charge in [-0.05, 0) is 35.4 Å². The van der Waals surface area contributed by atoms with E-state index >= 15 is 0 Å². The van der Waals surface area contributed by atoms with Crippen molar-refractivity contribution in [2.24, 2.45) is 4.99 Å². The fourth-order valence-corrected chi connectivity index (χ4v) is 3.53. The van der Waals surface area contributed by atoms with Crippen molar-refractivity contribution in [3.8, 4) is 0 Å². The molecule has 140 valence electrons. The number of anilines is 1. The summed E-state index contributed by atoms with van der Waals surface area (Å²) in [6.07, 6.45) is 5.50. The highest BCUT2D eigenvalue weighted by Crippen LogP contribution is 2.30. The van der Waals surface area contributed by atoms with Gasteiger partial charge in [0.15, 0.2) is 0 Å². The molecule has 2 aromatic carbocycles. The molecular formula is C23H16N4O2. The molecule has 0 saturated carbocycles. The predicted octanol–water partition coefficient (Wildman–Crippen LogP) is 4.39. The average molecular weight is 380 g/mol. The van der Waals surface area contributed by atoms with Crippen molar-refractivity contribution in [2.75, 3.05) is 11.9 Å². The van der Waals surface area contributed by atoms with Crippen LogP contribution in [-0.2, 0) is 0 Å². The van der Waals surface area contributed by atoms with Gasteiger partial charge in [0.25, 0.3) is 0 Å². The molecule has 0 atom stereocenters. The third kappa shape index (κ3) is 3.10. The molecule has 0 bridgehead atoms. The fraction of sp³-hybridized carbons (Fsp3) is 0.0435. The van der Waals surface area contributed by atoms with E-state index in [0.717, 1.165) is 33.1 Å². The zero-order valence-corrected chi connectivity index (χ0v) is 15.3. The van der Waals surface area contributed by atoms with Crippen LogP contribution in [0.3, 0.4) is 0 Å². The van der Waals surface area contributed by atoms with Gasteiger partial charge in [-0.2, -0.15) is 0 Å². The van der Waals surface area contributed by atoms with Gasteiger partial charge in [0.1, 0.15) is 11.7 Å². The number of hydrogen-bond acceptors (Lipinski definition) is 5. The number of amidine groups is 1. The number of aromatic carboxylic acids is 1. The van der Waals surface area contributed by atoms with Crippen LogP contribution in [0, 0.1) is 0 Å². The Bertz CT molecular complexity index is 1330. The van der Waals surface area contributed by atoms with Crippen molar-refractivity contribution < 1.29 is 9.90 Å². The van der Waals surface area contributed by atoms with Crippen LogP contribution in [0.5, 0.6) is 0 Å². The molecule has 0 spiro atoms. The molecule has 0 unspecified atom stereocenters. The quantitative estimate of drug-likeness (QED) is 0.515. The Kier molecular flexibility index (Phi) is 4.02. The second-order valence-corrected chi connectivity index (χ2v) is 6.78. The van der Waals surface area contributed by atoms with Crippen LogP contribution in [-0.4, -0.2) is 33.4 Å². The summed E-state index contributed by atoms with van der Waals surface area (Å²) in [5.74, 6) is 0.370. The molecule has 0 amide bonds. The van der Waals surface area contributed by atoms with E-state index in [-0.39, 0.29) is 5.56 Å². The van der Waals surface area contributed by atoms with Crippen LogP contribution in [0.2, 0.25) is 0 Å². The maximum Gasteiger partial charge on any atom is 0.335 e. The number of carbonyl (C=O) groups is 1. The summed E-state index contributed by atoms with van der Waals surface area (Å²) >= 11 is 0. The summed E-state index contributed by atoms with van der Waals surface area (Å²) in [5, 5.41) is 15.3. The van der Waals surface area contributed by atoms with E-state index in [0.29, 0.717) is 17.9 Å². The topological polar surface area (TPSA) is 87.5 Å². The molecule has 0 aliphatic carbocycles. The maximum atomic E-state index is 11.4. The lowest BCUT2D eigenvalue weighted by atomic mass is 10.1.